The van der Waals surface area contributed by atoms with E-state index >= 15 is 0 Å². The average molecular weight is 331 g/mol. The maximum atomic E-state index is 12.0. The van der Waals surface area contributed by atoms with Crippen molar-refractivity contribution < 1.29 is 14.3 Å². The predicted octanol–water partition coefficient (Wildman–Crippen LogP) is 1.86. The molecule has 0 radical (unpaired) electrons. The van der Waals surface area contributed by atoms with E-state index in [1.807, 2.05) is 4.90 Å². The monoisotopic (exact) mass is 330 g/mol. The van der Waals surface area contributed by atoms with E-state index in [2.05, 4.69) is 10.1 Å². The summed E-state index contributed by atoms with van der Waals surface area (Å²) in [6.07, 6.45) is 0.00437. The van der Waals surface area contributed by atoms with Crippen molar-refractivity contribution in [3.8, 4) is 0 Å². The number of carbonyl (C=O) groups is 2. The molecule has 1 aliphatic rings. The van der Waals surface area contributed by atoms with E-state index in [0.717, 1.165) is 5.56 Å². The zero-order valence-electron chi connectivity index (χ0n) is 11.6. The number of piperazine rings is 1. The fourth-order valence-electron chi connectivity index (χ4n) is 2.30. The highest BCUT2D eigenvalue weighted by molar-refractivity contribution is 6.35. The Kier molecular flexibility index (Phi) is 5.45. The molecule has 1 N–H and O–H groups in total. The summed E-state index contributed by atoms with van der Waals surface area (Å²) >= 11 is 12.3. The number of benzene rings is 1. The molecule has 0 aliphatic carbocycles. The van der Waals surface area contributed by atoms with E-state index in [1.54, 1.807) is 18.2 Å². The summed E-state index contributed by atoms with van der Waals surface area (Å²) in [5, 5.41) is 3.85. The predicted molar refractivity (Wildman–Crippen MR) is 80.3 cm³/mol. The molecule has 5 nitrogen and oxygen atoms in total. The molecule has 7 heteroatoms. The fraction of sp³-hybridized carbons (Fsp3) is 0.429. The van der Waals surface area contributed by atoms with E-state index in [4.69, 9.17) is 23.2 Å². The van der Waals surface area contributed by atoms with E-state index in [9.17, 15) is 9.59 Å². The van der Waals surface area contributed by atoms with Gasteiger partial charge in [0.05, 0.1) is 13.5 Å². The highest BCUT2D eigenvalue weighted by Crippen LogP contribution is 2.27. The van der Waals surface area contributed by atoms with Crippen LogP contribution in [0.25, 0.3) is 0 Å². The second-order valence-electron chi connectivity index (χ2n) is 4.76. The Labute approximate surface area is 133 Å². The summed E-state index contributed by atoms with van der Waals surface area (Å²) in [6.45, 7) is 1.56. The molecule has 0 aromatic heterocycles. The average Bonchev–Trinajstić information content (AvgIpc) is 2.46. The molecule has 0 saturated carbocycles. The molecule has 2 rings (SSSR count). The van der Waals surface area contributed by atoms with Crippen LogP contribution < -0.4 is 5.32 Å². The van der Waals surface area contributed by atoms with Crippen LogP contribution in [0.15, 0.2) is 18.2 Å². The molecule has 1 aromatic carbocycles. The quantitative estimate of drug-likeness (QED) is 0.856. The van der Waals surface area contributed by atoms with Crippen LogP contribution in [0.5, 0.6) is 0 Å². The van der Waals surface area contributed by atoms with Gasteiger partial charge in [-0.05, 0) is 12.1 Å². The Balaban J connectivity index is 2.19. The van der Waals surface area contributed by atoms with Crippen molar-refractivity contribution in [1.29, 1.82) is 0 Å². The van der Waals surface area contributed by atoms with Gasteiger partial charge >= 0.3 is 5.97 Å². The molecule has 1 aliphatic heterocycles. The number of rotatable bonds is 4. The van der Waals surface area contributed by atoms with Crippen LogP contribution in [0.2, 0.25) is 10.0 Å². The van der Waals surface area contributed by atoms with E-state index < -0.39 is 12.0 Å². The van der Waals surface area contributed by atoms with Crippen molar-refractivity contribution in [2.24, 2.45) is 0 Å². The van der Waals surface area contributed by atoms with Crippen LogP contribution in [-0.2, 0) is 20.9 Å². The molecule has 1 saturated heterocycles. The van der Waals surface area contributed by atoms with Crippen molar-refractivity contribution in [2.45, 2.75) is 19.0 Å². The van der Waals surface area contributed by atoms with Gasteiger partial charge in [-0.1, -0.05) is 29.3 Å². The Hall–Kier alpha value is -1.30. The summed E-state index contributed by atoms with van der Waals surface area (Å²) in [6, 6.07) is 4.70. The lowest BCUT2D eigenvalue weighted by Crippen LogP contribution is -2.55. The molecular formula is C14H16Cl2N2O3. The van der Waals surface area contributed by atoms with Gasteiger partial charge in [0.2, 0.25) is 5.91 Å². The molecule has 21 heavy (non-hydrogen) atoms. The van der Waals surface area contributed by atoms with E-state index in [1.165, 1.54) is 7.11 Å². The molecule has 1 aromatic rings. The first-order valence-corrected chi connectivity index (χ1v) is 7.30. The number of ether oxygens (including phenoxy) is 1. The number of nitrogens with zero attached hydrogens (tertiary/aromatic N) is 1. The van der Waals surface area contributed by atoms with E-state index in [-0.39, 0.29) is 12.3 Å². The van der Waals surface area contributed by atoms with Gasteiger partial charge in [0.1, 0.15) is 6.04 Å². The highest BCUT2D eigenvalue weighted by atomic mass is 35.5. The van der Waals surface area contributed by atoms with Crippen molar-refractivity contribution in [3.63, 3.8) is 0 Å². The van der Waals surface area contributed by atoms with Crippen LogP contribution >= 0.6 is 23.2 Å². The molecule has 1 atom stereocenters. The molecule has 0 unspecified atom stereocenters. The second-order valence-corrected chi connectivity index (χ2v) is 5.57. The lowest BCUT2D eigenvalue weighted by atomic mass is 10.1. The fourth-order valence-corrected chi connectivity index (χ4v) is 2.82. The maximum Gasteiger partial charge on any atom is 0.307 e. The summed E-state index contributed by atoms with van der Waals surface area (Å²) in [4.78, 5) is 25.4. The number of hydrogen-bond acceptors (Lipinski definition) is 4. The van der Waals surface area contributed by atoms with Crippen molar-refractivity contribution in [1.82, 2.24) is 10.2 Å². The standard InChI is InChI=1S/C14H16Cl2N2O3/c1-21-13(19)7-12-14(20)17-5-6-18(12)8-9-10(15)3-2-4-11(9)16/h2-4,12H,5-8H2,1H3,(H,17,20)/t12-/m0/s1. The van der Waals surface area contributed by atoms with Gasteiger partial charge in [0.25, 0.3) is 0 Å². The van der Waals surface area contributed by atoms with Gasteiger partial charge in [0.15, 0.2) is 0 Å². The molecule has 1 fully saturated rings. The third-order valence-corrected chi connectivity index (χ3v) is 4.16. The molecule has 1 amide bonds. The molecule has 114 valence electrons. The number of hydrogen-bond donors (Lipinski definition) is 1. The SMILES string of the molecule is COC(=O)C[C@H]1C(=O)NCCN1Cc1c(Cl)cccc1Cl. The number of halogens is 2. The molecule has 0 spiro atoms. The minimum atomic E-state index is -0.571. The van der Waals surface area contributed by atoms with Crippen LogP contribution in [-0.4, -0.2) is 43.0 Å². The van der Waals surface area contributed by atoms with Gasteiger partial charge in [-0.3, -0.25) is 14.5 Å². The zero-order valence-corrected chi connectivity index (χ0v) is 13.1. The summed E-state index contributed by atoms with van der Waals surface area (Å²) in [5.41, 5.74) is 0.755. The van der Waals surface area contributed by atoms with Gasteiger partial charge in [-0.25, -0.2) is 0 Å². The Morgan fingerprint density at radius 3 is 2.71 bits per heavy atom. The third-order valence-electron chi connectivity index (χ3n) is 3.45. The largest absolute Gasteiger partial charge is 0.469 e. The van der Waals surface area contributed by atoms with Gasteiger partial charge in [0, 0.05) is 35.2 Å². The first-order valence-electron chi connectivity index (χ1n) is 6.54. The number of esters is 1. The Bertz CT molecular complexity index is 531. The Morgan fingerprint density at radius 1 is 1.43 bits per heavy atom. The topological polar surface area (TPSA) is 58.6 Å². The van der Waals surface area contributed by atoms with Crippen LogP contribution in [0.1, 0.15) is 12.0 Å². The van der Waals surface area contributed by atoms with Crippen LogP contribution in [0, 0.1) is 0 Å². The molecular weight excluding hydrogens is 315 g/mol. The van der Waals surface area contributed by atoms with Crippen LogP contribution in [0.3, 0.4) is 0 Å². The summed E-state index contributed by atoms with van der Waals surface area (Å²) in [5.74, 6) is -0.609. The van der Waals surface area contributed by atoms with Crippen LogP contribution in [0.4, 0.5) is 0 Å². The molecule has 0 bridgehead atoms. The molecule has 1 heterocycles. The van der Waals surface area contributed by atoms with Gasteiger partial charge in [-0.2, -0.15) is 0 Å². The summed E-state index contributed by atoms with van der Waals surface area (Å²) < 4.78 is 4.65. The number of nitrogens with one attached hydrogen (secondary N) is 1. The summed E-state index contributed by atoms with van der Waals surface area (Å²) in [7, 11) is 1.30. The smallest absolute Gasteiger partial charge is 0.307 e. The van der Waals surface area contributed by atoms with Gasteiger partial charge in [-0.15, -0.1) is 0 Å². The lowest BCUT2D eigenvalue weighted by molar-refractivity contribution is -0.146. The minimum absolute atomic E-state index is 0.00437. The normalized spacial score (nSPS) is 19.2. The second kappa shape index (κ2) is 7.11. The number of carbonyl (C=O) groups excluding carboxylic acids is 2. The number of methoxy groups -OCH3 is 1. The maximum absolute atomic E-state index is 12.0. The zero-order chi connectivity index (χ0) is 15.4. The Morgan fingerprint density at radius 2 is 2.10 bits per heavy atom. The third kappa shape index (κ3) is 3.87. The first kappa shape index (κ1) is 16.1. The highest BCUT2D eigenvalue weighted by Gasteiger charge is 2.32. The minimum Gasteiger partial charge on any atom is -0.469 e. The van der Waals surface area contributed by atoms with E-state index in [0.29, 0.717) is 29.7 Å². The van der Waals surface area contributed by atoms with Crippen molar-refractivity contribution in [2.75, 3.05) is 20.2 Å². The van der Waals surface area contributed by atoms with Gasteiger partial charge < -0.3 is 10.1 Å². The first-order chi connectivity index (χ1) is 10.0. The number of amides is 1. The lowest BCUT2D eigenvalue weighted by Gasteiger charge is -2.34. The van der Waals surface area contributed by atoms with Crippen molar-refractivity contribution >= 4 is 35.1 Å². The van der Waals surface area contributed by atoms with Crippen molar-refractivity contribution in [3.05, 3.63) is 33.8 Å².